The summed E-state index contributed by atoms with van der Waals surface area (Å²) >= 11 is 0. The van der Waals surface area contributed by atoms with Crippen LogP contribution in [0.2, 0.25) is 0 Å². The van der Waals surface area contributed by atoms with E-state index in [-0.39, 0.29) is 17.4 Å². The number of fused-ring (bicyclic) bond motifs is 2. The van der Waals surface area contributed by atoms with Crippen molar-refractivity contribution in [3.63, 3.8) is 0 Å². The minimum absolute atomic E-state index is 0.0923. The number of aromatic nitrogens is 3. The summed E-state index contributed by atoms with van der Waals surface area (Å²) < 4.78 is 97.3. The number of ketones is 1. The minimum Gasteiger partial charge on any atom is -0.504 e. The van der Waals surface area contributed by atoms with Gasteiger partial charge in [-0.2, -0.15) is 0 Å². The van der Waals surface area contributed by atoms with Crippen LogP contribution in [0.15, 0.2) is 21.5 Å². The quantitative estimate of drug-likeness (QED) is 0.0301. The second kappa shape index (κ2) is 27.4. The third kappa shape index (κ3) is 15.2. The highest BCUT2D eigenvalue weighted by atomic mass is 19.2. The summed E-state index contributed by atoms with van der Waals surface area (Å²) in [5.74, 6) is -7.19. The molecule has 4 aliphatic rings. The summed E-state index contributed by atoms with van der Waals surface area (Å²) in [6, 6.07) is 1.71. The van der Waals surface area contributed by atoms with Crippen molar-refractivity contribution in [2.75, 3.05) is 31.2 Å². The molecule has 28 heteroatoms. The molecule has 2 saturated heterocycles. The molecule has 0 unspecified atom stereocenters. The highest BCUT2D eigenvalue weighted by Gasteiger charge is 2.58. The van der Waals surface area contributed by atoms with E-state index < -0.39 is 147 Å². The fourth-order valence-corrected chi connectivity index (χ4v) is 10.6. The highest BCUT2D eigenvalue weighted by Crippen LogP contribution is 2.44. The largest absolute Gasteiger partial charge is 0.796 e. The SMILES string of the molecule is CC(=O)OC[C@@H]1O[C@H](n2cc(CCCCCCCCC(=O)c3c(OB(F)F)c4cc5c6c(c4oc3=O)CCCN6CCC5)nn2)[C@@H](OC(C)=O)[C@H](OC(C)=O)[C@@H]1O[C@@H]1O[C@H](COC(C)=O)[C@@H](OC(C)=O)[C@H](OC(C)=O)[C@H]1OC(C)=O. The maximum atomic E-state index is 13.9. The number of carbonyl (C=O) groups is 8. The van der Waals surface area contributed by atoms with E-state index in [9.17, 15) is 51.8 Å². The molecular weight excluding hydrogens is 1070 g/mol. The lowest BCUT2D eigenvalue weighted by molar-refractivity contribution is -0.349. The average Bonchev–Trinajstić information content (AvgIpc) is 3.95. The standard InChI is InChI=1S/C52H65BF2N4O21/c1-26(60)69-24-38-45(79-52-49(75-32(7)66)47(73-30(5)64)44(71-28(3)62)39(77-52)25-70-27(2)61)46(72-29(4)63)48(74-31(6)65)50(76-38)59-23-34(56-57-59)17-12-10-8-9-11-13-19-37(67)40-43(80-53(54)55)36-22-33-16-14-20-58-21-15-18-35(41(33)58)42(36)78-51(40)68/h22-23,38-39,44-50,52H,8-21,24-25H2,1-7H3/t38-,39+,44+,45+,46+,47-,48-,49+,50-,52-/m0/s1. The van der Waals surface area contributed by atoms with Gasteiger partial charge < -0.3 is 61.3 Å². The number of nitrogens with zero attached hydrogens (tertiary/aromatic N) is 4. The molecule has 25 nitrogen and oxygen atoms in total. The molecule has 3 aromatic rings. The first-order valence-corrected chi connectivity index (χ1v) is 26.5. The Morgan fingerprint density at radius 1 is 0.662 bits per heavy atom. The minimum atomic E-state index is -3.28. The average molecular weight is 1130 g/mol. The van der Waals surface area contributed by atoms with Crippen molar-refractivity contribution < 1.29 is 103 Å². The topological polar surface area (TPSA) is 302 Å². The number of benzene rings is 1. The second-order valence-corrected chi connectivity index (χ2v) is 19.8. The van der Waals surface area contributed by atoms with Gasteiger partial charge in [-0.1, -0.05) is 30.9 Å². The summed E-state index contributed by atoms with van der Waals surface area (Å²) in [6.45, 7) is 7.89. The molecule has 1 aromatic carbocycles. The molecule has 2 aromatic heterocycles. The Hall–Kier alpha value is -7.07. The fourth-order valence-electron chi connectivity index (χ4n) is 10.6. The van der Waals surface area contributed by atoms with E-state index in [2.05, 4.69) is 15.2 Å². The van der Waals surface area contributed by atoms with Crippen LogP contribution >= 0.6 is 0 Å². The summed E-state index contributed by atoms with van der Waals surface area (Å²) in [7, 11) is -3.28. The molecule has 0 radical (unpaired) electrons. The molecule has 0 N–H and O–H groups in total. The highest BCUT2D eigenvalue weighted by molar-refractivity contribution is 6.36. The number of rotatable bonds is 24. The molecule has 10 atom stereocenters. The molecule has 2 fully saturated rings. The number of aryl methyl sites for hydroxylation is 3. The van der Waals surface area contributed by atoms with Crippen molar-refractivity contribution in [3.05, 3.63) is 45.1 Å². The van der Waals surface area contributed by atoms with Gasteiger partial charge in [-0.3, -0.25) is 38.4 Å². The van der Waals surface area contributed by atoms with E-state index in [1.54, 1.807) is 6.07 Å². The van der Waals surface area contributed by atoms with Crippen LogP contribution in [0.1, 0.15) is 140 Å². The van der Waals surface area contributed by atoms with E-state index in [0.29, 0.717) is 50.6 Å². The number of hydrogen-bond acceptors (Lipinski definition) is 24. The molecule has 0 amide bonds. The molecule has 6 heterocycles. The summed E-state index contributed by atoms with van der Waals surface area (Å²) in [5, 5.41) is 8.71. The van der Waals surface area contributed by atoms with Gasteiger partial charge in [-0.15, -0.1) is 5.10 Å². The number of carbonyl (C=O) groups excluding carboxylic acids is 8. The summed E-state index contributed by atoms with van der Waals surface area (Å²) in [6.07, 6.45) is -7.56. The van der Waals surface area contributed by atoms with E-state index in [1.807, 2.05) is 0 Å². The van der Waals surface area contributed by atoms with E-state index in [0.717, 1.165) is 104 Å². The fraction of sp³-hybridized carbons (Fsp3) is 0.635. The van der Waals surface area contributed by atoms with Gasteiger partial charge in [-0.25, -0.2) is 18.1 Å². The maximum Gasteiger partial charge on any atom is 0.796 e. The Balaban J connectivity index is 1.03. The van der Waals surface area contributed by atoms with Crippen molar-refractivity contribution in [3.8, 4) is 5.75 Å². The van der Waals surface area contributed by atoms with Gasteiger partial charge in [0.15, 0.2) is 48.8 Å². The van der Waals surface area contributed by atoms with Crippen LogP contribution in [0.25, 0.3) is 11.0 Å². The Kier molecular flexibility index (Phi) is 20.7. The zero-order chi connectivity index (χ0) is 57.9. The van der Waals surface area contributed by atoms with Gasteiger partial charge in [0.25, 0.3) is 0 Å². The van der Waals surface area contributed by atoms with Gasteiger partial charge in [0.05, 0.1) is 17.3 Å². The Labute approximate surface area is 457 Å². The first-order chi connectivity index (χ1) is 38.1. The lowest BCUT2D eigenvalue weighted by atomic mass is 9.89. The molecule has 0 spiro atoms. The van der Waals surface area contributed by atoms with Crippen LogP contribution in [-0.2, 0) is 100 Å². The van der Waals surface area contributed by atoms with Crippen LogP contribution in [0.3, 0.4) is 0 Å². The molecule has 4 aliphatic heterocycles. The van der Waals surface area contributed by atoms with Crippen LogP contribution in [0.4, 0.5) is 14.3 Å². The van der Waals surface area contributed by atoms with Crippen molar-refractivity contribution >= 4 is 71.7 Å². The Morgan fingerprint density at radius 2 is 1.21 bits per heavy atom. The number of Topliss-reactive ketones (excluding diaryl/α,β-unsaturated/α-hetero) is 1. The Morgan fingerprint density at radius 3 is 1.82 bits per heavy atom. The number of ether oxygens (including phenoxy) is 10. The lowest BCUT2D eigenvalue weighted by Gasteiger charge is -2.48. The van der Waals surface area contributed by atoms with Crippen molar-refractivity contribution in [2.24, 2.45) is 0 Å². The van der Waals surface area contributed by atoms with Crippen LogP contribution in [-0.4, -0.2) is 151 Å². The van der Waals surface area contributed by atoms with Crippen molar-refractivity contribution in [1.82, 2.24) is 15.0 Å². The molecule has 436 valence electrons. The molecule has 0 aliphatic carbocycles. The molecule has 0 bridgehead atoms. The molecular formula is C52H65BF2N4O21. The summed E-state index contributed by atoms with van der Waals surface area (Å²) in [4.78, 5) is 117. The normalized spacial score (nSPS) is 24.1. The third-order valence-electron chi connectivity index (χ3n) is 13.6. The van der Waals surface area contributed by atoms with Gasteiger partial charge in [-0.05, 0) is 56.6 Å². The van der Waals surface area contributed by atoms with E-state index >= 15 is 0 Å². The van der Waals surface area contributed by atoms with Gasteiger partial charge in [0.1, 0.15) is 48.4 Å². The van der Waals surface area contributed by atoms with Gasteiger partial charge >= 0.3 is 54.9 Å². The van der Waals surface area contributed by atoms with Gasteiger partial charge in [0.2, 0.25) is 0 Å². The van der Waals surface area contributed by atoms with E-state index in [1.165, 1.54) is 10.9 Å². The molecule has 7 rings (SSSR count). The number of unbranched alkanes of at least 4 members (excludes halogenated alkanes) is 5. The Bertz CT molecular complexity index is 2840. The van der Waals surface area contributed by atoms with Crippen LogP contribution < -0.4 is 15.2 Å². The second-order valence-electron chi connectivity index (χ2n) is 19.8. The first-order valence-electron chi connectivity index (χ1n) is 26.5. The van der Waals surface area contributed by atoms with Crippen molar-refractivity contribution in [2.45, 2.75) is 187 Å². The third-order valence-corrected chi connectivity index (χ3v) is 13.6. The number of hydrogen-bond donors (Lipinski definition) is 0. The zero-order valence-corrected chi connectivity index (χ0v) is 45.4. The predicted octanol–water partition coefficient (Wildman–Crippen LogP) is 4.33. The molecule has 80 heavy (non-hydrogen) atoms. The summed E-state index contributed by atoms with van der Waals surface area (Å²) in [5.41, 5.74) is 1.81. The lowest BCUT2D eigenvalue weighted by Crippen LogP contribution is -2.66. The zero-order valence-electron chi connectivity index (χ0n) is 45.4. The first kappa shape index (κ1) is 60.6. The number of esters is 7. The smallest absolute Gasteiger partial charge is 0.504 e. The van der Waals surface area contributed by atoms with Gasteiger partial charge in [0, 0.05) is 79.2 Å². The number of halogens is 2. The predicted molar refractivity (Wildman–Crippen MR) is 269 cm³/mol. The van der Waals surface area contributed by atoms with Crippen LogP contribution in [0.5, 0.6) is 5.75 Å². The van der Waals surface area contributed by atoms with Crippen LogP contribution in [0, 0.1) is 0 Å². The number of anilines is 1. The van der Waals surface area contributed by atoms with E-state index in [4.69, 9.17) is 56.4 Å². The monoisotopic (exact) mass is 1130 g/mol. The van der Waals surface area contributed by atoms with Crippen molar-refractivity contribution in [1.29, 1.82) is 0 Å². The molecule has 0 saturated carbocycles. The maximum absolute atomic E-state index is 13.9.